The maximum Gasteiger partial charge on any atom is 0.224 e. The molecule has 6 nitrogen and oxygen atoms in total. The minimum Gasteiger partial charge on any atom is -0.497 e. The number of nitrogens with zero attached hydrogens (tertiary/aromatic N) is 3. The molecule has 1 aromatic carbocycles. The van der Waals surface area contributed by atoms with Crippen LogP contribution in [-0.4, -0.2) is 42.8 Å². The predicted octanol–water partition coefficient (Wildman–Crippen LogP) is 3.28. The Morgan fingerprint density at radius 1 is 1.22 bits per heavy atom. The van der Waals surface area contributed by atoms with Gasteiger partial charge >= 0.3 is 0 Å². The third-order valence-corrected chi connectivity index (χ3v) is 4.98. The van der Waals surface area contributed by atoms with Crippen molar-refractivity contribution in [2.24, 2.45) is 5.92 Å². The highest BCUT2D eigenvalue weighted by Crippen LogP contribution is 2.24. The Hall–Kier alpha value is -2.63. The van der Waals surface area contributed by atoms with Crippen LogP contribution in [0.25, 0.3) is 11.3 Å². The van der Waals surface area contributed by atoms with E-state index in [4.69, 9.17) is 4.74 Å². The number of ether oxygens (including phenoxy) is 1. The molecule has 1 aromatic heterocycles. The number of aromatic nitrogens is 2. The minimum atomic E-state index is 0.0265. The number of hydrogen-bond donors (Lipinski definition) is 1. The summed E-state index contributed by atoms with van der Waals surface area (Å²) in [4.78, 5) is 14.5. The van der Waals surface area contributed by atoms with E-state index in [-0.39, 0.29) is 11.8 Å². The highest BCUT2D eigenvalue weighted by Gasteiger charge is 2.26. The summed E-state index contributed by atoms with van der Waals surface area (Å²) in [5.41, 5.74) is 1.83. The van der Waals surface area contributed by atoms with Crippen molar-refractivity contribution in [1.29, 1.82) is 0 Å². The molecule has 0 spiro atoms. The molecule has 0 aliphatic carbocycles. The number of benzene rings is 1. The summed E-state index contributed by atoms with van der Waals surface area (Å²) in [7, 11) is 1.65. The number of carbonyl (C=O) groups excluding carboxylic acids is 1. The zero-order valence-electron chi connectivity index (χ0n) is 16.1. The van der Waals surface area contributed by atoms with E-state index in [2.05, 4.69) is 27.3 Å². The fourth-order valence-electron chi connectivity index (χ4n) is 3.34. The lowest BCUT2D eigenvalue weighted by Crippen LogP contribution is -2.43. The average Bonchev–Trinajstić information content (AvgIpc) is 2.74. The Kier molecular flexibility index (Phi) is 6.63. The van der Waals surface area contributed by atoms with Crippen molar-refractivity contribution < 1.29 is 9.53 Å². The van der Waals surface area contributed by atoms with Crippen LogP contribution in [0, 0.1) is 5.92 Å². The summed E-state index contributed by atoms with van der Waals surface area (Å²) < 4.78 is 5.19. The molecule has 2 aromatic rings. The van der Waals surface area contributed by atoms with Gasteiger partial charge in [0.1, 0.15) is 5.75 Å². The first kappa shape index (κ1) is 19.1. The molecule has 144 valence electrons. The van der Waals surface area contributed by atoms with Crippen LogP contribution in [0.15, 0.2) is 36.4 Å². The molecular formula is C21H28N4O2. The molecule has 27 heavy (non-hydrogen) atoms. The van der Waals surface area contributed by atoms with Crippen LogP contribution in [0.2, 0.25) is 0 Å². The van der Waals surface area contributed by atoms with E-state index in [9.17, 15) is 4.79 Å². The normalized spacial score (nSPS) is 16.8. The number of hydrogen-bond acceptors (Lipinski definition) is 5. The first-order chi connectivity index (χ1) is 13.2. The summed E-state index contributed by atoms with van der Waals surface area (Å²) in [6.07, 6.45) is 4.05. The van der Waals surface area contributed by atoms with E-state index in [1.165, 1.54) is 0 Å². The molecule has 1 fully saturated rings. The van der Waals surface area contributed by atoms with Gasteiger partial charge < -0.3 is 15.0 Å². The van der Waals surface area contributed by atoms with Gasteiger partial charge in [-0.25, -0.2) is 0 Å². The van der Waals surface area contributed by atoms with Gasteiger partial charge in [-0.05, 0) is 55.7 Å². The zero-order valence-corrected chi connectivity index (χ0v) is 16.1. The van der Waals surface area contributed by atoms with Gasteiger partial charge in [-0.1, -0.05) is 13.3 Å². The van der Waals surface area contributed by atoms with Crippen LogP contribution in [0.4, 0.5) is 5.82 Å². The van der Waals surface area contributed by atoms with Gasteiger partial charge in [0.2, 0.25) is 5.91 Å². The van der Waals surface area contributed by atoms with Crippen LogP contribution < -0.4 is 15.0 Å². The number of nitrogens with one attached hydrogen (secondary N) is 1. The molecule has 0 bridgehead atoms. The minimum absolute atomic E-state index is 0.0265. The van der Waals surface area contributed by atoms with E-state index in [0.717, 1.165) is 61.6 Å². The van der Waals surface area contributed by atoms with Crippen LogP contribution >= 0.6 is 0 Å². The largest absolute Gasteiger partial charge is 0.497 e. The van der Waals surface area contributed by atoms with E-state index >= 15 is 0 Å². The van der Waals surface area contributed by atoms with Crippen molar-refractivity contribution in [2.45, 2.75) is 32.6 Å². The second kappa shape index (κ2) is 9.35. The van der Waals surface area contributed by atoms with Gasteiger partial charge in [-0.15, -0.1) is 10.2 Å². The van der Waals surface area contributed by atoms with E-state index in [0.29, 0.717) is 6.54 Å². The van der Waals surface area contributed by atoms with Crippen molar-refractivity contribution in [3.05, 3.63) is 36.4 Å². The van der Waals surface area contributed by atoms with Crippen LogP contribution in [-0.2, 0) is 4.79 Å². The SMILES string of the molecule is CCCCNC(=O)C1CCCN(c2ccc(-c3ccc(OC)cc3)nn2)C1. The number of piperidine rings is 1. The first-order valence-electron chi connectivity index (χ1n) is 9.72. The average molecular weight is 368 g/mol. The van der Waals surface area contributed by atoms with Gasteiger partial charge in [0.05, 0.1) is 18.7 Å². The van der Waals surface area contributed by atoms with Crippen molar-refractivity contribution in [2.75, 3.05) is 31.6 Å². The van der Waals surface area contributed by atoms with Crippen molar-refractivity contribution in [3.63, 3.8) is 0 Å². The number of anilines is 1. The molecule has 2 heterocycles. The van der Waals surface area contributed by atoms with Crippen molar-refractivity contribution in [1.82, 2.24) is 15.5 Å². The molecule has 0 saturated carbocycles. The molecule has 1 atom stereocenters. The lowest BCUT2D eigenvalue weighted by atomic mass is 9.97. The molecule has 1 N–H and O–H groups in total. The van der Waals surface area contributed by atoms with Gasteiger partial charge in [0, 0.05) is 25.2 Å². The predicted molar refractivity (Wildman–Crippen MR) is 107 cm³/mol. The van der Waals surface area contributed by atoms with Crippen molar-refractivity contribution in [3.8, 4) is 17.0 Å². The second-order valence-electron chi connectivity index (χ2n) is 6.94. The lowest BCUT2D eigenvalue weighted by molar-refractivity contribution is -0.125. The fourth-order valence-corrected chi connectivity index (χ4v) is 3.34. The van der Waals surface area contributed by atoms with Gasteiger partial charge in [0.15, 0.2) is 5.82 Å². The number of amides is 1. The van der Waals surface area contributed by atoms with Crippen LogP contribution in [0.5, 0.6) is 5.75 Å². The summed E-state index contributed by atoms with van der Waals surface area (Å²) in [5.74, 6) is 1.84. The molecule has 1 aliphatic heterocycles. The standard InChI is InChI=1S/C21H28N4O2/c1-3-4-13-22-21(26)17-6-5-14-25(15-17)20-12-11-19(23-24-20)16-7-9-18(27-2)10-8-16/h7-12,17H,3-6,13-15H2,1-2H3,(H,22,26). The lowest BCUT2D eigenvalue weighted by Gasteiger charge is -2.32. The highest BCUT2D eigenvalue weighted by molar-refractivity contribution is 5.79. The van der Waals surface area contributed by atoms with Crippen LogP contribution in [0.3, 0.4) is 0 Å². The van der Waals surface area contributed by atoms with E-state index < -0.39 is 0 Å². The Labute approximate surface area is 160 Å². The maximum absolute atomic E-state index is 12.4. The molecule has 1 saturated heterocycles. The number of rotatable bonds is 7. The fraction of sp³-hybridized carbons (Fsp3) is 0.476. The highest BCUT2D eigenvalue weighted by atomic mass is 16.5. The quantitative estimate of drug-likeness (QED) is 0.760. The summed E-state index contributed by atoms with van der Waals surface area (Å²) >= 11 is 0. The molecular weight excluding hydrogens is 340 g/mol. The Morgan fingerprint density at radius 3 is 2.70 bits per heavy atom. The number of methoxy groups -OCH3 is 1. The van der Waals surface area contributed by atoms with Gasteiger partial charge in [-0.3, -0.25) is 4.79 Å². The number of carbonyl (C=O) groups is 1. The molecule has 0 radical (unpaired) electrons. The Balaban J connectivity index is 1.62. The first-order valence-corrected chi connectivity index (χ1v) is 9.72. The molecule has 3 rings (SSSR count). The summed E-state index contributed by atoms with van der Waals surface area (Å²) in [6, 6.07) is 11.7. The van der Waals surface area contributed by atoms with Gasteiger partial charge in [0.25, 0.3) is 0 Å². The molecule has 1 amide bonds. The third kappa shape index (κ3) is 4.96. The molecule has 1 unspecified atom stereocenters. The van der Waals surface area contributed by atoms with E-state index in [1.54, 1.807) is 7.11 Å². The summed E-state index contributed by atoms with van der Waals surface area (Å²) in [6.45, 7) is 4.51. The van der Waals surface area contributed by atoms with Crippen molar-refractivity contribution >= 4 is 11.7 Å². The summed E-state index contributed by atoms with van der Waals surface area (Å²) in [5, 5.41) is 11.8. The van der Waals surface area contributed by atoms with Crippen LogP contribution in [0.1, 0.15) is 32.6 Å². The smallest absolute Gasteiger partial charge is 0.224 e. The third-order valence-electron chi connectivity index (χ3n) is 4.98. The topological polar surface area (TPSA) is 67.4 Å². The Morgan fingerprint density at radius 2 is 2.04 bits per heavy atom. The van der Waals surface area contributed by atoms with E-state index in [1.807, 2.05) is 36.4 Å². The molecule has 6 heteroatoms. The monoisotopic (exact) mass is 368 g/mol. The van der Waals surface area contributed by atoms with Gasteiger partial charge in [-0.2, -0.15) is 0 Å². The molecule has 1 aliphatic rings. The maximum atomic E-state index is 12.4. The second-order valence-corrected chi connectivity index (χ2v) is 6.94. The zero-order chi connectivity index (χ0) is 19.1. The number of unbranched alkanes of at least 4 members (excludes halogenated alkanes) is 1. The Bertz CT molecular complexity index is 731.